The lowest BCUT2D eigenvalue weighted by Gasteiger charge is -2.34. The lowest BCUT2D eigenvalue weighted by molar-refractivity contribution is 0.00101. The molecule has 0 atom stereocenters. The van der Waals surface area contributed by atoms with Crippen molar-refractivity contribution in [2.24, 2.45) is 10.9 Å². The highest BCUT2D eigenvalue weighted by atomic mass is 127. The molecule has 7 heteroatoms. The average molecular weight is 492 g/mol. The third-order valence-electron chi connectivity index (χ3n) is 5.15. The van der Waals surface area contributed by atoms with Gasteiger partial charge in [-0.3, -0.25) is 0 Å². The Balaban J connectivity index is 0.00000243. The number of aliphatic imine (C=N–C) groups is 1. The van der Waals surface area contributed by atoms with Crippen molar-refractivity contribution in [3.05, 3.63) is 16.1 Å². The van der Waals surface area contributed by atoms with Crippen molar-refractivity contribution in [3.63, 3.8) is 0 Å². The molecule has 3 rings (SSSR count). The minimum Gasteiger partial charge on any atom is -0.378 e. The first-order valence-corrected chi connectivity index (χ1v) is 10.6. The normalized spacial score (nSPS) is 19.6. The maximum Gasteiger partial charge on any atom is 0.194 e. The van der Waals surface area contributed by atoms with Crippen LogP contribution in [0.15, 0.2) is 11.2 Å². The fraction of sp³-hybridized carbons (Fsp3) is 0.789. The SMILES string of the molecule is CCNC(=NCc1ncc(C)s1)N1CCC(OCC2CCCC2)CC1.I. The third-order valence-corrected chi connectivity index (χ3v) is 6.05. The number of guanidine groups is 1. The van der Waals surface area contributed by atoms with Gasteiger partial charge in [-0.15, -0.1) is 35.3 Å². The Morgan fingerprint density at radius 3 is 2.65 bits per heavy atom. The van der Waals surface area contributed by atoms with Crippen LogP contribution in [-0.2, 0) is 11.3 Å². The molecule has 1 aromatic heterocycles. The molecule has 2 aliphatic rings. The van der Waals surface area contributed by atoms with Crippen LogP contribution in [0.4, 0.5) is 0 Å². The molecule has 0 unspecified atom stereocenters. The van der Waals surface area contributed by atoms with Crippen molar-refractivity contribution >= 4 is 41.3 Å². The van der Waals surface area contributed by atoms with E-state index in [2.05, 4.69) is 29.0 Å². The molecule has 1 aliphatic heterocycles. The summed E-state index contributed by atoms with van der Waals surface area (Å²) >= 11 is 1.73. The molecule has 26 heavy (non-hydrogen) atoms. The van der Waals surface area contributed by atoms with Crippen LogP contribution in [0.3, 0.4) is 0 Å². The van der Waals surface area contributed by atoms with E-state index in [1.165, 1.54) is 30.6 Å². The summed E-state index contributed by atoms with van der Waals surface area (Å²) in [6.45, 7) is 8.80. The Bertz CT molecular complexity index is 551. The van der Waals surface area contributed by atoms with Crippen LogP contribution in [0.25, 0.3) is 0 Å². The highest BCUT2D eigenvalue weighted by Crippen LogP contribution is 2.26. The smallest absolute Gasteiger partial charge is 0.194 e. The highest BCUT2D eigenvalue weighted by Gasteiger charge is 2.23. The van der Waals surface area contributed by atoms with Gasteiger partial charge in [0.1, 0.15) is 5.01 Å². The second-order valence-corrected chi connectivity index (χ2v) is 8.52. The molecule has 2 fully saturated rings. The van der Waals surface area contributed by atoms with Gasteiger partial charge in [-0.25, -0.2) is 9.98 Å². The topological polar surface area (TPSA) is 49.8 Å². The predicted molar refractivity (Wildman–Crippen MR) is 120 cm³/mol. The lowest BCUT2D eigenvalue weighted by Crippen LogP contribution is -2.47. The second-order valence-electron chi connectivity index (χ2n) is 7.21. The number of hydrogen-bond donors (Lipinski definition) is 1. The summed E-state index contributed by atoms with van der Waals surface area (Å²) in [7, 11) is 0. The van der Waals surface area contributed by atoms with Gasteiger partial charge in [-0.1, -0.05) is 12.8 Å². The second kappa shape index (κ2) is 11.4. The fourth-order valence-corrected chi connectivity index (χ4v) is 4.44. The Labute approximate surface area is 179 Å². The van der Waals surface area contributed by atoms with E-state index in [9.17, 15) is 0 Å². The average Bonchev–Trinajstić information content (AvgIpc) is 3.29. The number of piperidine rings is 1. The summed E-state index contributed by atoms with van der Waals surface area (Å²) < 4.78 is 6.19. The van der Waals surface area contributed by atoms with Gasteiger partial charge in [0.25, 0.3) is 0 Å². The quantitative estimate of drug-likeness (QED) is 0.367. The number of aryl methyl sites for hydroxylation is 1. The van der Waals surface area contributed by atoms with Gasteiger partial charge in [0.15, 0.2) is 5.96 Å². The van der Waals surface area contributed by atoms with E-state index >= 15 is 0 Å². The van der Waals surface area contributed by atoms with Gasteiger partial charge in [0.2, 0.25) is 0 Å². The standard InChI is InChI=1S/C19H32N4OS.HI/c1-3-20-19(22-13-18-21-12-15(2)25-18)23-10-8-17(9-11-23)24-14-16-6-4-5-7-16;/h12,16-17H,3-11,13-14H2,1-2H3,(H,20,22);1H. The van der Waals surface area contributed by atoms with E-state index in [0.29, 0.717) is 12.6 Å². The van der Waals surface area contributed by atoms with Crippen molar-refractivity contribution in [2.75, 3.05) is 26.2 Å². The Kier molecular flexibility index (Phi) is 9.63. The first kappa shape index (κ1) is 21.9. The molecule has 1 aromatic rings. The lowest BCUT2D eigenvalue weighted by atomic mass is 10.1. The summed E-state index contributed by atoms with van der Waals surface area (Å²) in [5, 5.41) is 4.52. The molecule has 2 heterocycles. The number of nitrogens with zero attached hydrogens (tertiary/aromatic N) is 3. The van der Waals surface area contributed by atoms with Crippen LogP contribution in [0.5, 0.6) is 0 Å². The minimum atomic E-state index is 0. The van der Waals surface area contributed by atoms with Crippen LogP contribution in [0.1, 0.15) is 55.3 Å². The van der Waals surface area contributed by atoms with E-state index in [1.54, 1.807) is 11.3 Å². The maximum absolute atomic E-state index is 6.19. The highest BCUT2D eigenvalue weighted by molar-refractivity contribution is 14.0. The number of nitrogens with one attached hydrogen (secondary N) is 1. The largest absolute Gasteiger partial charge is 0.378 e. The zero-order chi connectivity index (χ0) is 17.5. The Hall–Kier alpha value is -0.410. The Morgan fingerprint density at radius 1 is 1.31 bits per heavy atom. The summed E-state index contributed by atoms with van der Waals surface area (Å²) in [6.07, 6.45) is 10.1. The molecule has 1 saturated carbocycles. The van der Waals surface area contributed by atoms with E-state index in [1.807, 2.05) is 6.20 Å². The maximum atomic E-state index is 6.19. The van der Waals surface area contributed by atoms with Crippen LogP contribution in [-0.4, -0.2) is 48.2 Å². The number of likely N-dealkylation sites (tertiary alicyclic amines) is 1. The van der Waals surface area contributed by atoms with Crippen molar-refractivity contribution in [3.8, 4) is 0 Å². The number of hydrogen-bond acceptors (Lipinski definition) is 4. The zero-order valence-electron chi connectivity index (χ0n) is 16.1. The summed E-state index contributed by atoms with van der Waals surface area (Å²) in [6, 6.07) is 0. The summed E-state index contributed by atoms with van der Waals surface area (Å²) in [5.74, 6) is 1.84. The predicted octanol–water partition coefficient (Wildman–Crippen LogP) is 4.21. The number of thiazole rings is 1. The van der Waals surface area contributed by atoms with E-state index in [0.717, 1.165) is 56.0 Å². The molecule has 148 valence electrons. The molecule has 0 amide bonds. The first-order chi connectivity index (χ1) is 12.2. The van der Waals surface area contributed by atoms with Gasteiger partial charge in [-0.2, -0.15) is 0 Å². The van der Waals surface area contributed by atoms with Crippen molar-refractivity contribution < 1.29 is 4.74 Å². The van der Waals surface area contributed by atoms with Gasteiger partial charge < -0.3 is 15.0 Å². The number of ether oxygens (including phenoxy) is 1. The van der Waals surface area contributed by atoms with Crippen LogP contribution in [0, 0.1) is 12.8 Å². The zero-order valence-corrected chi connectivity index (χ0v) is 19.2. The molecule has 1 saturated heterocycles. The van der Waals surface area contributed by atoms with Crippen molar-refractivity contribution in [1.29, 1.82) is 0 Å². The van der Waals surface area contributed by atoms with Crippen LogP contribution < -0.4 is 5.32 Å². The van der Waals surface area contributed by atoms with E-state index in [4.69, 9.17) is 9.73 Å². The molecule has 1 N–H and O–H groups in total. The number of aromatic nitrogens is 1. The van der Waals surface area contributed by atoms with E-state index < -0.39 is 0 Å². The molecule has 0 aromatic carbocycles. The number of halogens is 1. The van der Waals surface area contributed by atoms with Gasteiger partial charge in [-0.05, 0) is 45.4 Å². The summed E-state index contributed by atoms with van der Waals surface area (Å²) in [4.78, 5) is 12.8. The number of rotatable bonds is 6. The third kappa shape index (κ3) is 6.64. The van der Waals surface area contributed by atoms with Gasteiger partial charge >= 0.3 is 0 Å². The molecule has 0 spiro atoms. The molecule has 1 aliphatic carbocycles. The van der Waals surface area contributed by atoms with Crippen molar-refractivity contribution in [2.45, 2.75) is 65.0 Å². The molecule has 0 radical (unpaired) electrons. The Morgan fingerprint density at radius 2 is 2.04 bits per heavy atom. The molecular weight excluding hydrogens is 459 g/mol. The molecular formula is C19H33IN4OS. The fourth-order valence-electron chi connectivity index (χ4n) is 3.73. The van der Waals surface area contributed by atoms with Crippen LogP contribution >= 0.6 is 35.3 Å². The molecule has 0 bridgehead atoms. The molecule has 5 nitrogen and oxygen atoms in total. The van der Waals surface area contributed by atoms with Gasteiger partial charge in [0.05, 0.1) is 12.6 Å². The van der Waals surface area contributed by atoms with E-state index in [-0.39, 0.29) is 24.0 Å². The monoisotopic (exact) mass is 492 g/mol. The van der Waals surface area contributed by atoms with Gasteiger partial charge in [0, 0.05) is 37.3 Å². The summed E-state index contributed by atoms with van der Waals surface area (Å²) in [5.41, 5.74) is 0. The first-order valence-electron chi connectivity index (χ1n) is 9.80. The van der Waals surface area contributed by atoms with Crippen molar-refractivity contribution in [1.82, 2.24) is 15.2 Å². The van der Waals surface area contributed by atoms with Crippen LogP contribution in [0.2, 0.25) is 0 Å². The minimum absolute atomic E-state index is 0.